The van der Waals surface area contributed by atoms with Crippen LogP contribution in [0.4, 0.5) is 5.69 Å². The second-order valence-electron chi connectivity index (χ2n) is 4.74. The van der Waals surface area contributed by atoms with Crippen LogP contribution in [-0.4, -0.2) is 11.7 Å². The van der Waals surface area contributed by atoms with Crippen molar-refractivity contribution >= 4 is 16.5 Å². The molecule has 2 heteroatoms. The highest BCUT2D eigenvalue weighted by Crippen LogP contribution is 2.29. The molecule has 0 aliphatic rings. The molecule has 0 unspecified atom stereocenters. The standard InChI is InChI=1S/C16H21NO/c1-3-12(4-2)11-17-15-9-5-8-14-13(15)7-6-10-16(14)18/h5-10,12,17-18H,3-4,11H2,1-2H3. The van der Waals surface area contributed by atoms with Crippen molar-refractivity contribution in [2.24, 2.45) is 5.92 Å². The molecule has 2 rings (SSSR count). The third-order valence-corrected chi connectivity index (χ3v) is 3.63. The lowest BCUT2D eigenvalue weighted by Gasteiger charge is -2.16. The highest BCUT2D eigenvalue weighted by Gasteiger charge is 2.06. The maximum Gasteiger partial charge on any atom is 0.123 e. The Morgan fingerprint density at radius 1 is 1.00 bits per heavy atom. The van der Waals surface area contributed by atoms with Gasteiger partial charge in [-0.1, -0.05) is 51.0 Å². The van der Waals surface area contributed by atoms with Crippen molar-refractivity contribution < 1.29 is 5.11 Å². The van der Waals surface area contributed by atoms with Crippen molar-refractivity contribution in [2.75, 3.05) is 11.9 Å². The quantitative estimate of drug-likeness (QED) is 0.816. The van der Waals surface area contributed by atoms with Crippen LogP contribution in [0.1, 0.15) is 26.7 Å². The molecule has 18 heavy (non-hydrogen) atoms. The van der Waals surface area contributed by atoms with E-state index in [4.69, 9.17) is 0 Å². The van der Waals surface area contributed by atoms with Gasteiger partial charge in [0, 0.05) is 23.0 Å². The molecule has 0 aliphatic heterocycles. The zero-order valence-corrected chi connectivity index (χ0v) is 11.1. The van der Waals surface area contributed by atoms with Gasteiger partial charge in [-0.05, 0) is 18.1 Å². The summed E-state index contributed by atoms with van der Waals surface area (Å²) in [4.78, 5) is 0. The lowest BCUT2D eigenvalue weighted by molar-refractivity contribution is 0.481. The molecule has 0 atom stereocenters. The summed E-state index contributed by atoms with van der Waals surface area (Å²) in [6.45, 7) is 5.44. The van der Waals surface area contributed by atoms with Gasteiger partial charge in [0.15, 0.2) is 0 Å². The monoisotopic (exact) mass is 243 g/mol. The number of phenols is 1. The van der Waals surface area contributed by atoms with Crippen LogP contribution in [0.3, 0.4) is 0 Å². The van der Waals surface area contributed by atoms with Gasteiger partial charge >= 0.3 is 0 Å². The summed E-state index contributed by atoms with van der Waals surface area (Å²) in [5.74, 6) is 1.05. The molecule has 0 fully saturated rings. The Morgan fingerprint density at radius 2 is 1.67 bits per heavy atom. The number of benzene rings is 2. The molecule has 2 nitrogen and oxygen atoms in total. The van der Waals surface area contributed by atoms with Gasteiger partial charge in [0.25, 0.3) is 0 Å². The fraction of sp³-hybridized carbons (Fsp3) is 0.375. The Bertz CT molecular complexity index is 517. The van der Waals surface area contributed by atoms with E-state index in [0.717, 1.165) is 23.0 Å². The summed E-state index contributed by atoms with van der Waals surface area (Å²) in [7, 11) is 0. The Hall–Kier alpha value is -1.70. The van der Waals surface area contributed by atoms with Crippen molar-refractivity contribution in [3.8, 4) is 5.75 Å². The van der Waals surface area contributed by atoms with Gasteiger partial charge in [0.2, 0.25) is 0 Å². The molecule has 0 heterocycles. The minimum atomic E-state index is 0.346. The van der Waals surface area contributed by atoms with Crippen molar-refractivity contribution in [1.82, 2.24) is 0 Å². The average molecular weight is 243 g/mol. The molecular formula is C16H21NO. The third-order valence-electron chi connectivity index (χ3n) is 3.63. The third kappa shape index (κ3) is 2.58. The van der Waals surface area contributed by atoms with E-state index in [1.807, 2.05) is 24.3 Å². The molecule has 0 saturated carbocycles. The second-order valence-corrected chi connectivity index (χ2v) is 4.74. The van der Waals surface area contributed by atoms with Gasteiger partial charge in [-0.3, -0.25) is 0 Å². The molecule has 2 aromatic rings. The van der Waals surface area contributed by atoms with Crippen molar-refractivity contribution in [1.29, 1.82) is 0 Å². The maximum atomic E-state index is 9.84. The summed E-state index contributed by atoms with van der Waals surface area (Å²) in [5, 5.41) is 15.3. The fourth-order valence-electron chi connectivity index (χ4n) is 2.28. The summed E-state index contributed by atoms with van der Waals surface area (Å²) >= 11 is 0. The van der Waals surface area contributed by atoms with Crippen LogP contribution in [0.15, 0.2) is 36.4 Å². The number of aromatic hydroxyl groups is 1. The molecule has 0 saturated heterocycles. The van der Waals surface area contributed by atoms with Crippen LogP contribution in [-0.2, 0) is 0 Å². The zero-order valence-electron chi connectivity index (χ0n) is 11.1. The molecule has 0 aliphatic carbocycles. The number of anilines is 1. The Kier molecular flexibility index (Phi) is 4.08. The van der Waals surface area contributed by atoms with Gasteiger partial charge in [0.05, 0.1) is 0 Å². The van der Waals surface area contributed by atoms with Crippen LogP contribution < -0.4 is 5.32 Å². The van der Waals surface area contributed by atoms with Gasteiger partial charge in [-0.2, -0.15) is 0 Å². The zero-order chi connectivity index (χ0) is 13.0. The number of phenolic OH excluding ortho intramolecular Hbond substituents is 1. The Balaban J connectivity index is 2.26. The van der Waals surface area contributed by atoms with E-state index in [1.165, 1.54) is 12.8 Å². The Labute approximate surface area is 109 Å². The summed E-state index contributed by atoms with van der Waals surface area (Å²) in [6.07, 6.45) is 2.39. The van der Waals surface area contributed by atoms with Crippen molar-refractivity contribution in [3.63, 3.8) is 0 Å². The molecule has 0 bridgehead atoms. The summed E-state index contributed by atoms with van der Waals surface area (Å²) in [5.41, 5.74) is 1.11. The number of rotatable bonds is 5. The molecular weight excluding hydrogens is 222 g/mol. The van der Waals surface area contributed by atoms with Gasteiger partial charge in [-0.15, -0.1) is 0 Å². The summed E-state index contributed by atoms with van der Waals surface area (Å²) in [6, 6.07) is 11.7. The molecule has 96 valence electrons. The molecule has 0 radical (unpaired) electrons. The molecule has 0 amide bonds. The molecule has 0 aromatic heterocycles. The van der Waals surface area contributed by atoms with E-state index in [0.29, 0.717) is 11.7 Å². The number of hydrogen-bond acceptors (Lipinski definition) is 2. The number of fused-ring (bicyclic) bond motifs is 1. The largest absolute Gasteiger partial charge is 0.507 e. The van der Waals surface area contributed by atoms with E-state index in [1.54, 1.807) is 6.07 Å². The lowest BCUT2D eigenvalue weighted by Crippen LogP contribution is -2.12. The lowest BCUT2D eigenvalue weighted by atomic mass is 10.0. The number of nitrogens with one attached hydrogen (secondary N) is 1. The first-order valence-electron chi connectivity index (χ1n) is 6.70. The SMILES string of the molecule is CCC(CC)CNc1cccc2c(O)cccc12. The van der Waals surface area contributed by atoms with Crippen LogP contribution >= 0.6 is 0 Å². The van der Waals surface area contributed by atoms with Crippen molar-refractivity contribution in [3.05, 3.63) is 36.4 Å². The van der Waals surface area contributed by atoms with E-state index in [2.05, 4.69) is 25.2 Å². The predicted molar refractivity (Wildman–Crippen MR) is 78.2 cm³/mol. The minimum absolute atomic E-state index is 0.346. The van der Waals surface area contributed by atoms with Gasteiger partial charge in [0.1, 0.15) is 5.75 Å². The first kappa shape index (κ1) is 12.7. The van der Waals surface area contributed by atoms with Gasteiger partial charge < -0.3 is 10.4 Å². The van der Waals surface area contributed by atoms with E-state index < -0.39 is 0 Å². The predicted octanol–water partition coefficient (Wildman–Crippen LogP) is 4.39. The topological polar surface area (TPSA) is 32.3 Å². The highest BCUT2D eigenvalue weighted by molar-refractivity contribution is 5.97. The minimum Gasteiger partial charge on any atom is -0.507 e. The fourth-order valence-corrected chi connectivity index (χ4v) is 2.28. The van der Waals surface area contributed by atoms with Crippen LogP contribution in [0.25, 0.3) is 10.8 Å². The van der Waals surface area contributed by atoms with Crippen LogP contribution in [0, 0.1) is 5.92 Å². The molecule has 2 N–H and O–H groups in total. The first-order chi connectivity index (χ1) is 8.76. The summed E-state index contributed by atoms with van der Waals surface area (Å²) < 4.78 is 0. The normalized spacial score (nSPS) is 11.1. The highest BCUT2D eigenvalue weighted by atomic mass is 16.3. The average Bonchev–Trinajstić information content (AvgIpc) is 2.41. The van der Waals surface area contributed by atoms with Crippen LogP contribution in [0.5, 0.6) is 5.75 Å². The number of hydrogen-bond donors (Lipinski definition) is 2. The smallest absolute Gasteiger partial charge is 0.123 e. The maximum absolute atomic E-state index is 9.84. The van der Waals surface area contributed by atoms with Crippen molar-refractivity contribution in [2.45, 2.75) is 26.7 Å². The van der Waals surface area contributed by atoms with E-state index >= 15 is 0 Å². The second kappa shape index (κ2) is 5.76. The van der Waals surface area contributed by atoms with Crippen LogP contribution in [0.2, 0.25) is 0 Å². The van der Waals surface area contributed by atoms with Gasteiger partial charge in [-0.25, -0.2) is 0 Å². The van der Waals surface area contributed by atoms with E-state index in [-0.39, 0.29) is 0 Å². The molecule has 0 spiro atoms. The Morgan fingerprint density at radius 3 is 2.39 bits per heavy atom. The van der Waals surface area contributed by atoms with E-state index in [9.17, 15) is 5.11 Å². The first-order valence-corrected chi connectivity index (χ1v) is 6.70. The molecule has 2 aromatic carbocycles.